The van der Waals surface area contributed by atoms with Crippen LogP contribution in [0.15, 0.2) is 35.2 Å². The van der Waals surface area contributed by atoms with E-state index in [9.17, 15) is 0 Å². The third-order valence-corrected chi connectivity index (χ3v) is 3.62. The van der Waals surface area contributed by atoms with Crippen LogP contribution in [0.25, 0.3) is 0 Å². The number of hydrogen-bond acceptors (Lipinski definition) is 3. The van der Waals surface area contributed by atoms with E-state index in [0.29, 0.717) is 0 Å². The fraction of sp³-hybridized carbons (Fsp3) is 0.308. The number of rotatable bonds is 4. The van der Waals surface area contributed by atoms with Crippen molar-refractivity contribution in [1.29, 1.82) is 0 Å². The van der Waals surface area contributed by atoms with Gasteiger partial charge in [-0.05, 0) is 31.5 Å². The molecule has 0 amide bonds. The lowest BCUT2D eigenvalue weighted by molar-refractivity contribution is 0.488. The highest BCUT2D eigenvalue weighted by molar-refractivity contribution is 7.07. The van der Waals surface area contributed by atoms with E-state index in [1.807, 2.05) is 29.8 Å². The molecule has 1 aromatic carbocycles. The largest absolute Gasteiger partial charge is 0.302 e. The summed E-state index contributed by atoms with van der Waals surface area (Å²) in [7, 11) is 0. The minimum Gasteiger partial charge on any atom is -0.302 e. The quantitative estimate of drug-likeness (QED) is 0.897. The van der Waals surface area contributed by atoms with Crippen LogP contribution in [0.5, 0.6) is 0 Å². The maximum atomic E-state index is 5.87. The Bertz CT molecular complexity index is 453. The molecule has 0 radical (unpaired) electrons. The summed E-state index contributed by atoms with van der Waals surface area (Å²) in [4.78, 5) is 4.31. The fourth-order valence-electron chi connectivity index (χ4n) is 1.74. The summed E-state index contributed by atoms with van der Waals surface area (Å²) >= 11 is 7.50. The molecule has 90 valence electrons. The van der Waals surface area contributed by atoms with Gasteiger partial charge in [0, 0.05) is 22.5 Å². The molecule has 1 heterocycles. The summed E-state index contributed by atoms with van der Waals surface area (Å²) in [6.07, 6.45) is 0. The molecule has 1 N–H and O–H groups in total. The zero-order valence-corrected chi connectivity index (χ0v) is 11.4. The minimum atomic E-state index is 0.256. The van der Waals surface area contributed by atoms with Crippen LogP contribution in [0.3, 0.4) is 0 Å². The number of halogens is 1. The van der Waals surface area contributed by atoms with E-state index in [4.69, 9.17) is 11.6 Å². The van der Waals surface area contributed by atoms with Gasteiger partial charge in [-0.2, -0.15) is 0 Å². The lowest BCUT2D eigenvalue weighted by Gasteiger charge is -2.19. The molecule has 2 rings (SSSR count). The predicted octanol–water partition coefficient (Wildman–Crippen LogP) is 4.21. The van der Waals surface area contributed by atoms with Gasteiger partial charge >= 0.3 is 0 Å². The SMILES string of the molecule is CC(N[C@@H](C)c1ccc(Cl)cc1)c1cscn1. The summed E-state index contributed by atoms with van der Waals surface area (Å²) in [6.45, 7) is 4.27. The van der Waals surface area contributed by atoms with E-state index in [2.05, 4.69) is 29.5 Å². The summed E-state index contributed by atoms with van der Waals surface area (Å²) < 4.78 is 0. The zero-order chi connectivity index (χ0) is 12.3. The minimum absolute atomic E-state index is 0.256. The second-order valence-electron chi connectivity index (χ2n) is 4.07. The van der Waals surface area contributed by atoms with E-state index in [1.54, 1.807) is 11.3 Å². The molecule has 0 spiro atoms. The van der Waals surface area contributed by atoms with Crippen molar-refractivity contribution in [1.82, 2.24) is 10.3 Å². The summed E-state index contributed by atoms with van der Waals surface area (Å²) in [5.74, 6) is 0. The van der Waals surface area contributed by atoms with E-state index in [-0.39, 0.29) is 12.1 Å². The van der Waals surface area contributed by atoms with Gasteiger partial charge in [-0.3, -0.25) is 0 Å². The molecule has 2 aromatic rings. The lowest BCUT2D eigenvalue weighted by Crippen LogP contribution is -2.22. The highest BCUT2D eigenvalue weighted by atomic mass is 35.5. The molecule has 0 saturated carbocycles. The Labute approximate surface area is 111 Å². The standard InChI is InChI=1S/C13H15ClN2S/c1-9(11-3-5-12(14)6-4-11)16-10(2)13-7-17-8-15-13/h3-10,16H,1-2H3/t9-,10?/m0/s1. The molecular formula is C13H15ClN2S. The van der Waals surface area contributed by atoms with Crippen LogP contribution >= 0.6 is 22.9 Å². The summed E-state index contributed by atoms with van der Waals surface area (Å²) in [5, 5.41) is 6.37. The van der Waals surface area contributed by atoms with Crippen LogP contribution in [0.4, 0.5) is 0 Å². The predicted molar refractivity (Wildman–Crippen MR) is 73.5 cm³/mol. The zero-order valence-electron chi connectivity index (χ0n) is 9.85. The van der Waals surface area contributed by atoms with Crippen LogP contribution in [0, 0.1) is 0 Å². The fourth-order valence-corrected chi connectivity index (χ4v) is 2.52. The first-order valence-electron chi connectivity index (χ1n) is 5.56. The summed E-state index contributed by atoms with van der Waals surface area (Å²) in [6, 6.07) is 8.48. The van der Waals surface area contributed by atoms with Crippen LogP contribution in [0.1, 0.15) is 37.2 Å². The normalized spacial score (nSPS) is 14.5. The first-order chi connectivity index (χ1) is 8.16. The van der Waals surface area contributed by atoms with Crippen LogP contribution in [0.2, 0.25) is 5.02 Å². The van der Waals surface area contributed by atoms with E-state index >= 15 is 0 Å². The van der Waals surface area contributed by atoms with Crippen molar-refractivity contribution in [3.63, 3.8) is 0 Å². The molecule has 17 heavy (non-hydrogen) atoms. The molecule has 1 aromatic heterocycles. The average Bonchev–Trinajstić information content (AvgIpc) is 2.83. The lowest BCUT2D eigenvalue weighted by atomic mass is 10.1. The van der Waals surface area contributed by atoms with Crippen molar-refractivity contribution in [2.75, 3.05) is 0 Å². The first-order valence-corrected chi connectivity index (χ1v) is 6.88. The molecule has 1 unspecified atom stereocenters. The molecular weight excluding hydrogens is 252 g/mol. The van der Waals surface area contributed by atoms with Crippen molar-refractivity contribution >= 4 is 22.9 Å². The monoisotopic (exact) mass is 266 g/mol. The Balaban J connectivity index is 2.01. The molecule has 2 nitrogen and oxygen atoms in total. The van der Waals surface area contributed by atoms with Gasteiger partial charge in [-0.25, -0.2) is 4.98 Å². The van der Waals surface area contributed by atoms with Crippen molar-refractivity contribution < 1.29 is 0 Å². The second kappa shape index (κ2) is 5.63. The van der Waals surface area contributed by atoms with Crippen molar-refractivity contribution in [3.8, 4) is 0 Å². The second-order valence-corrected chi connectivity index (χ2v) is 5.23. The summed E-state index contributed by atoms with van der Waals surface area (Å²) in [5.41, 5.74) is 4.19. The Morgan fingerprint density at radius 3 is 2.47 bits per heavy atom. The van der Waals surface area contributed by atoms with Gasteiger partial charge in [-0.1, -0.05) is 23.7 Å². The Kier molecular flexibility index (Phi) is 4.15. The number of nitrogens with zero attached hydrogens (tertiary/aromatic N) is 1. The van der Waals surface area contributed by atoms with Gasteiger partial charge < -0.3 is 5.32 Å². The smallest absolute Gasteiger partial charge is 0.0795 e. The molecule has 0 aliphatic rings. The van der Waals surface area contributed by atoms with Gasteiger partial charge in [0.15, 0.2) is 0 Å². The van der Waals surface area contributed by atoms with E-state index < -0.39 is 0 Å². The molecule has 0 fully saturated rings. The van der Waals surface area contributed by atoms with Gasteiger partial charge in [0.2, 0.25) is 0 Å². The maximum absolute atomic E-state index is 5.87. The number of aromatic nitrogens is 1. The van der Waals surface area contributed by atoms with Crippen molar-refractivity contribution in [3.05, 3.63) is 51.4 Å². The van der Waals surface area contributed by atoms with E-state index in [0.717, 1.165) is 10.7 Å². The molecule has 0 aliphatic carbocycles. The first kappa shape index (κ1) is 12.6. The average molecular weight is 267 g/mol. The van der Waals surface area contributed by atoms with Crippen molar-refractivity contribution in [2.24, 2.45) is 0 Å². The van der Waals surface area contributed by atoms with Gasteiger partial charge in [0.05, 0.1) is 11.2 Å². The Morgan fingerprint density at radius 1 is 1.18 bits per heavy atom. The molecule has 0 aliphatic heterocycles. The Hall–Kier alpha value is -0.900. The number of nitrogens with one attached hydrogen (secondary N) is 1. The van der Waals surface area contributed by atoms with Crippen LogP contribution in [-0.4, -0.2) is 4.98 Å². The molecule has 4 heteroatoms. The number of thiazole rings is 1. The highest BCUT2D eigenvalue weighted by Gasteiger charge is 2.12. The van der Waals surface area contributed by atoms with E-state index in [1.165, 1.54) is 5.56 Å². The van der Waals surface area contributed by atoms with Crippen LogP contribution < -0.4 is 5.32 Å². The molecule has 0 bridgehead atoms. The molecule has 2 atom stereocenters. The van der Waals surface area contributed by atoms with Crippen LogP contribution in [-0.2, 0) is 0 Å². The topological polar surface area (TPSA) is 24.9 Å². The third-order valence-electron chi connectivity index (χ3n) is 2.77. The maximum Gasteiger partial charge on any atom is 0.0795 e. The number of benzene rings is 1. The van der Waals surface area contributed by atoms with Gasteiger partial charge in [0.25, 0.3) is 0 Å². The molecule has 0 saturated heterocycles. The van der Waals surface area contributed by atoms with Gasteiger partial charge in [0.1, 0.15) is 0 Å². The van der Waals surface area contributed by atoms with Gasteiger partial charge in [-0.15, -0.1) is 11.3 Å². The number of hydrogen-bond donors (Lipinski definition) is 1. The Morgan fingerprint density at radius 2 is 1.88 bits per heavy atom. The highest BCUT2D eigenvalue weighted by Crippen LogP contribution is 2.20. The third kappa shape index (κ3) is 3.28. The van der Waals surface area contributed by atoms with Crippen molar-refractivity contribution in [2.45, 2.75) is 25.9 Å².